The van der Waals surface area contributed by atoms with Crippen LogP contribution >= 0.6 is 0 Å². The van der Waals surface area contributed by atoms with Crippen molar-refractivity contribution in [1.29, 1.82) is 0 Å². The van der Waals surface area contributed by atoms with Gasteiger partial charge in [-0.15, -0.1) is 0 Å². The molecule has 2 N–H and O–H groups in total. The fourth-order valence-electron chi connectivity index (χ4n) is 1.36. The lowest BCUT2D eigenvalue weighted by molar-refractivity contribution is 0.356. The molecule has 0 aliphatic rings. The summed E-state index contributed by atoms with van der Waals surface area (Å²) in [4.78, 5) is 2.20. The summed E-state index contributed by atoms with van der Waals surface area (Å²) in [6, 6.07) is 0. The quantitative estimate of drug-likeness (QED) is 0.707. The fraction of sp³-hybridized carbons (Fsp3) is 0.600. The maximum Gasteiger partial charge on any atom is 0.102 e. The summed E-state index contributed by atoms with van der Waals surface area (Å²) < 4.78 is 0. The molecule has 2 nitrogen and oxygen atoms in total. The molecular weight excluding hydrogens is 208 g/mol. The lowest BCUT2D eigenvalue weighted by atomic mass is 10.2. The highest BCUT2D eigenvalue weighted by Crippen LogP contribution is 2.06. The summed E-state index contributed by atoms with van der Waals surface area (Å²) in [5.41, 5.74) is 7.20. The SMILES string of the molecule is CC.C\C=C/C=C\C(C)=C(/N)N(CC)CCC. The van der Waals surface area contributed by atoms with Gasteiger partial charge in [0, 0.05) is 13.1 Å². The van der Waals surface area contributed by atoms with E-state index in [2.05, 4.69) is 18.7 Å². The second kappa shape index (κ2) is 12.9. The van der Waals surface area contributed by atoms with Crippen molar-refractivity contribution in [3.63, 3.8) is 0 Å². The minimum Gasteiger partial charge on any atom is -0.385 e. The van der Waals surface area contributed by atoms with Crippen LogP contribution < -0.4 is 5.73 Å². The van der Waals surface area contributed by atoms with E-state index in [1.54, 1.807) is 0 Å². The van der Waals surface area contributed by atoms with Crippen molar-refractivity contribution in [2.45, 2.75) is 48.0 Å². The minimum absolute atomic E-state index is 0.889. The number of rotatable bonds is 6. The Kier molecular flexibility index (Phi) is 13.8. The van der Waals surface area contributed by atoms with E-state index in [4.69, 9.17) is 5.73 Å². The molecule has 0 fully saturated rings. The van der Waals surface area contributed by atoms with E-state index in [0.29, 0.717) is 0 Å². The standard InChI is InChI=1S/C13H24N2.C2H6/c1-5-8-9-10-12(4)13(14)15(7-3)11-6-2;1-2/h5,8-10H,6-7,11,14H2,1-4H3;1-2H3/b8-5-,10-9-,13-12+;. The van der Waals surface area contributed by atoms with Crippen LogP contribution in [-0.2, 0) is 0 Å². The molecule has 0 rings (SSSR count). The van der Waals surface area contributed by atoms with Gasteiger partial charge >= 0.3 is 0 Å². The number of hydrogen-bond acceptors (Lipinski definition) is 2. The molecule has 100 valence electrons. The lowest BCUT2D eigenvalue weighted by Gasteiger charge is -2.23. The normalized spacial score (nSPS) is 12.4. The zero-order valence-corrected chi connectivity index (χ0v) is 12.5. The zero-order valence-electron chi connectivity index (χ0n) is 12.5. The second-order valence-electron chi connectivity index (χ2n) is 3.53. The van der Waals surface area contributed by atoms with Crippen LogP contribution in [0.1, 0.15) is 48.0 Å². The molecule has 0 atom stereocenters. The van der Waals surface area contributed by atoms with Crippen LogP contribution in [0.5, 0.6) is 0 Å². The highest BCUT2D eigenvalue weighted by Gasteiger charge is 2.03. The van der Waals surface area contributed by atoms with Gasteiger partial charge in [-0.1, -0.05) is 45.1 Å². The molecule has 0 heterocycles. The topological polar surface area (TPSA) is 29.3 Å². The average Bonchev–Trinajstić information content (AvgIpc) is 2.37. The predicted molar refractivity (Wildman–Crippen MR) is 79.7 cm³/mol. The van der Waals surface area contributed by atoms with E-state index >= 15 is 0 Å². The highest BCUT2D eigenvalue weighted by atomic mass is 15.2. The Morgan fingerprint density at radius 1 is 1.18 bits per heavy atom. The van der Waals surface area contributed by atoms with E-state index in [1.165, 1.54) is 0 Å². The van der Waals surface area contributed by atoms with Crippen LogP contribution in [0.25, 0.3) is 0 Å². The molecule has 0 aliphatic heterocycles. The van der Waals surface area contributed by atoms with Crippen LogP contribution in [0.4, 0.5) is 0 Å². The molecule has 0 bridgehead atoms. The van der Waals surface area contributed by atoms with Crippen molar-refractivity contribution >= 4 is 0 Å². The van der Waals surface area contributed by atoms with Crippen molar-refractivity contribution in [1.82, 2.24) is 4.90 Å². The molecule has 0 spiro atoms. The van der Waals surface area contributed by atoms with Crippen molar-refractivity contribution in [2.75, 3.05) is 13.1 Å². The Balaban J connectivity index is 0. The van der Waals surface area contributed by atoms with Gasteiger partial charge in [0.15, 0.2) is 0 Å². The molecule has 17 heavy (non-hydrogen) atoms. The molecule has 2 heteroatoms. The Morgan fingerprint density at radius 3 is 2.18 bits per heavy atom. The fourth-order valence-corrected chi connectivity index (χ4v) is 1.36. The van der Waals surface area contributed by atoms with Crippen LogP contribution in [0, 0.1) is 0 Å². The molecule has 0 aliphatic carbocycles. The summed E-state index contributed by atoms with van der Waals surface area (Å²) >= 11 is 0. The number of allylic oxidation sites excluding steroid dienone is 5. The smallest absolute Gasteiger partial charge is 0.102 e. The third kappa shape index (κ3) is 8.61. The predicted octanol–water partition coefficient (Wildman–Crippen LogP) is 4.07. The summed E-state index contributed by atoms with van der Waals surface area (Å²) in [7, 11) is 0. The molecule has 0 saturated heterocycles. The maximum absolute atomic E-state index is 6.07. The Labute approximate surface area is 108 Å². The van der Waals surface area contributed by atoms with Gasteiger partial charge in [0.25, 0.3) is 0 Å². The van der Waals surface area contributed by atoms with Crippen LogP contribution in [-0.4, -0.2) is 18.0 Å². The van der Waals surface area contributed by atoms with Gasteiger partial charge in [0.2, 0.25) is 0 Å². The first-order valence-corrected chi connectivity index (χ1v) is 6.67. The Bertz CT molecular complexity index is 250. The first-order chi connectivity index (χ1) is 8.17. The summed E-state index contributed by atoms with van der Waals surface area (Å²) in [5.74, 6) is 0.889. The zero-order chi connectivity index (χ0) is 13.7. The molecule has 0 amide bonds. The third-order valence-electron chi connectivity index (χ3n) is 2.27. The number of nitrogens with two attached hydrogens (primary N) is 1. The second-order valence-corrected chi connectivity index (χ2v) is 3.53. The van der Waals surface area contributed by atoms with E-state index < -0.39 is 0 Å². The largest absolute Gasteiger partial charge is 0.385 e. The lowest BCUT2D eigenvalue weighted by Crippen LogP contribution is -2.29. The molecule has 0 aromatic carbocycles. The van der Waals surface area contributed by atoms with E-state index in [0.717, 1.165) is 30.9 Å². The molecular formula is C15H30N2. The van der Waals surface area contributed by atoms with Gasteiger partial charge in [-0.05, 0) is 32.8 Å². The molecule has 0 aromatic rings. The molecule has 0 unspecified atom stereocenters. The van der Waals surface area contributed by atoms with E-state index in [9.17, 15) is 0 Å². The first-order valence-electron chi connectivity index (χ1n) is 6.67. The van der Waals surface area contributed by atoms with Crippen molar-refractivity contribution < 1.29 is 0 Å². The Morgan fingerprint density at radius 2 is 1.76 bits per heavy atom. The van der Waals surface area contributed by atoms with Crippen LogP contribution in [0.2, 0.25) is 0 Å². The Hall–Kier alpha value is -1.18. The van der Waals surface area contributed by atoms with Gasteiger partial charge in [-0.2, -0.15) is 0 Å². The number of hydrogen-bond donors (Lipinski definition) is 1. The van der Waals surface area contributed by atoms with E-state index in [-0.39, 0.29) is 0 Å². The summed E-state index contributed by atoms with van der Waals surface area (Å²) in [6.45, 7) is 14.3. The van der Waals surface area contributed by atoms with Crippen molar-refractivity contribution in [3.05, 3.63) is 35.7 Å². The molecule has 0 aromatic heterocycles. The van der Waals surface area contributed by atoms with Gasteiger partial charge < -0.3 is 10.6 Å². The van der Waals surface area contributed by atoms with Crippen molar-refractivity contribution in [3.8, 4) is 0 Å². The van der Waals surface area contributed by atoms with Crippen molar-refractivity contribution in [2.24, 2.45) is 5.73 Å². The highest BCUT2D eigenvalue weighted by molar-refractivity contribution is 5.23. The van der Waals surface area contributed by atoms with Gasteiger partial charge in [-0.25, -0.2) is 0 Å². The molecule has 0 radical (unpaired) electrons. The van der Waals surface area contributed by atoms with Crippen LogP contribution in [0.15, 0.2) is 35.7 Å². The maximum atomic E-state index is 6.07. The average molecular weight is 238 g/mol. The third-order valence-corrected chi connectivity index (χ3v) is 2.27. The summed E-state index contributed by atoms with van der Waals surface area (Å²) in [5, 5.41) is 0. The number of nitrogens with zero attached hydrogens (tertiary/aromatic N) is 1. The van der Waals surface area contributed by atoms with Gasteiger partial charge in [0.1, 0.15) is 5.82 Å². The monoisotopic (exact) mass is 238 g/mol. The molecule has 0 saturated carbocycles. The van der Waals surface area contributed by atoms with Gasteiger partial charge in [0.05, 0.1) is 0 Å². The van der Waals surface area contributed by atoms with Gasteiger partial charge in [-0.3, -0.25) is 0 Å². The van der Waals surface area contributed by atoms with Crippen LogP contribution in [0.3, 0.4) is 0 Å². The minimum atomic E-state index is 0.889. The summed E-state index contributed by atoms with van der Waals surface area (Å²) in [6.07, 6.45) is 9.20. The van der Waals surface area contributed by atoms with E-state index in [1.807, 2.05) is 52.0 Å². The first kappa shape index (κ1) is 18.2.